The molecular weight excluding hydrogens is 424 g/mol. The van der Waals surface area contributed by atoms with E-state index in [1.165, 1.54) is 48.7 Å². The first-order chi connectivity index (χ1) is 14.9. The van der Waals surface area contributed by atoms with E-state index in [1.807, 2.05) is 0 Å². The van der Waals surface area contributed by atoms with Crippen molar-refractivity contribution in [3.63, 3.8) is 0 Å². The Morgan fingerprint density at radius 1 is 0.968 bits per heavy atom. The lowest BCUT2D eigenvalue weighted by Gasteiger charge is -2.40. The predicted molar refractivity (Wildman–Crippen MR) is 114 cm³/mol. The van der Waals surface area contributed by atoms with E-state index >= 15 is 0 Å². The molecule has 5 nitrogen and oxygen atoms in total. The second-order valence-corrected chi connectivity index (χ2v) is 7.79. The van der Waals surface area contributed by atoms with Gasteiger partial charge in [-0.05, 0) is 60.9 Å². The number of anilines is 2. The maximum absolute atomic E-state index is 14.0. The van der Waals surface area contributed by atoms with Crippen molar-refractivity contribution in [1.29, 1.82) is 0 Å². The topological polar surface area (TPSA) is 71.1 Å². The van der Waals surface area contributed by atoms with Gasteiger partial charge in [-0.1, -0.05) is 30.2 Å². The van der Waals surface area contributed by atoms with Crippen molar-refractivity contribution in [2.75, 3.05) is 10.6 Å². The molecule has 0 atom stereocenters. The number of nitrogens with zero attached hydrogens (tertiary/aromatic N) is 1. The molecule has 8 heteroatoms. The van der Waals surface area contributed by atoms with Gasteiger partial charge in [0.05, 0.1) is 16.0 Å². The number of rotatable bonds is 5. The zero-order chi connectivity index (χ0) is 22.0. The van der Waals surface area contributed by atoms with Crippen molar-refractivity contribution in [3.05, 3.63) is 88.6 Å². The van der Waals surface area contributed by atoms with Gasteiger partial charge in [-0.15, -0.1) is 0 Å². The minimum absolute atomic E-state index is 0.143. The fraction of sp³-hybridized carbons (Fsp3) is 0.174. The Kier molecular flexibility index (Phi) is 5.69. The third kappa shape index (κ3) is 4.14. The van der Waals surface area contributed by atoms with Crippen LogP contribution in [-0.4, -0.2) is 16.8 Å². The van der Waals surface area contributed by atoms with Crippen molar-refractivity contribution >= 4 is 34.9 Å². The van der Waals surface area contributed by atoms with E-state index in [0.717, 1.165) is 6.42 Å². The summed E-state index contributed by atoms with van der Waals surface area (Å²) in [6.07, 6.45) is 3.74. The van der Waals surface area contributed by atoms with Crippen molar-refractivity contribution in [2.24, 2.45) is 0 Å². The Balaban J connectivity index is 1.49. The summed E-state index contributed by atoms with van der Waals surface area (Å²) >= 11 is 5.72. The van der Waals surface area contributed by atoms with Gasteiger partial charge in [0.15, 0.2) is 5.82 Å². The Hall–Kier alpha value is -3.32. The summed E-state index contributed by atoms with van der Waals surface area (Å²) in [5.41, 5.74) is 0.305. The molecule has 1 fully saturated rings. The summed E-state index contributed by atoms with van der Waals surface area (Å²) in [4.78, 5) is 29.5. The zero-order valence-corrected chi connectivity index (χ0v) is 17.0. The van der Waals surface area contributed by atoms with Crippen LogP contribution in [0, 0.1) is 11.6 Å². The summed E-state index contributed by atoms with van der Waals surface area (Å²) in [6.45, 7) is 0. The molecule has 0 saturated heterocycles. The van der Waals surface area contributed by atoms with Crippen LogP contribution < -0.4 is 10.6 Å². The Bertz CT molecular complexity index is 1130. The van der Waals surface area contributed by atoms with E-state index in [2.05, 4.69) is 15.6 Å². The summed E-state index contributed by atoms with van der Waals surface area (Å²) < 4.78 is 27.1. The summed E-state index contributed by atoms with van der Waals surface area (Å²) in [7, 11) is 0. The van der Waals surface area contributed by atoms with Crippen LogP contribution in [0.3, 0.4) is 0 Å². The molecule has 31 heavy (non-hydrogen) atoms. The van der Waals surface area contributed by atoms with E-state index in [1.54, 1.807) is 12.1 Å². The maximum atomic E-state index is 14.0. The van der Waals surface area contributed by atoms with E-state index in [-0.39, 0.29) is 28.1 Å². The minimum Gasteiger partial charge on any atom is -0.325 e. The molecule has 0 bridgehead atoms. The van der Waals surface area contributed by atoms with Gasteiger partial charge in [0.2, 0.25) is 5.91 Å². The number of halogens is 3. The smallest absolute Gasteiger partial charge is 0.259 e. The fourth-order valence-corrected chi connectivity index (χ4v) is 3.75. The second kappa shape index (κ2) is 8.43. The highest BCUT2D eigenvalue weighted by atomic mass is 35.5. The first-order valence-corrected chi connectivity index (χ1v) is 10.1. The molecule has 4 rings (SSSR count). The van der Waals surface area contributed by atoms with Crippen LogP contribution >= 0.6 is 11.6 Å². The number of hydrogen-bond acceptors (Lipinski definition) is 3. The molecule has 1 saturated carbocycles. The van der Waals surface area contributed by atoms with Crippen molar-refractivity contribution in [1.82, 2.24) is 4.98 Å². The Morgan fingerprint density at radius 3 is 2.32 bits per heavy atom. The zero-order valence-electron chi connectivity index (χ0n) is 16.3. The Morgan fingerprint density at radius 2 is 1.71 bits per heavy atom. The fourth-order valence-electron chi connectivity index (χ4n) is 3.57. The summed E-state index contributed by atoms with van der Waals surface area (Å²) in [5, 5.41) is 5.22. The minimum atomic E-state index is -0.802. The first-order valence-electron chi connectivity index (χ1n) is 9.68. The van der Waals surface area contributed by atoms with E-state index in [9.17, 15) is 18.4 Å². The molecule has 0 unspecified atom stereocenters. The van der Waals surface area contributed by atoms with Crippen molar-refractivity contribution < 1.29 is 18.4 Å². The molecule has 2 aromatic carbocycles. The normalized spacial score (nSPS) is 14.4. The lowest BCUT2D eigenvalue weighted by atomic mass is 9.64. The van der Waals surface area contributed by atoms with Gasteiger partial charge in [0, 0.05) is 11.9 Å². The molecular formula is C23H18ClF2N3O2. The highest BCUT2D eigenvalue weighted by Crippen LogP contribution is 2.44. The van der Waals surface area contributed by atoms with Gasteiger partial charge < -0.3 is 10.6 Å². The number of pyridine rings is 1. The summed E-state index contributed by atoms with van der Waals surface area (Å²) in [6, 6.07) is 13.0. The van der Waals surface area contributed by atoms with Gasteiger partial charge >= 0.3 is 0 Å². The van der Waals surface area contributed by atoms with Crippen LogP contribution in [0.25, 0.3) is 0 Å². The third-order valence-corrected chi connectivity index (χ3v) is 5.79. The number of hydrogen-bond donors (Lipinski definition) is 2. The standard InChI is InChI=1S/C23H18ClF2N3O2/c24-18-4-1-3-17(20(18)26)21(30)29-19-10-5-14(13-27-19)23(11-2-12-23)22(31)28-16-8-6-15(25)7-9-16/h1,3-10,13H,2,11-12H2,(H,28,31)(H,27,29,30). The molecule has 0 aliphatic heterocycles. The number of benzene rings is 2. The number of carbonyl (C=O) groups excluding carboxylic acids is 2. The number of nitrogens with one attached hydrogen (secondary N) is 2. The van der Waals surface area contributed by atoms with E-state index in [4.69, 9.17) is 11.6 Å². The van der Waals surface area contributed by atoms with Crippen LogP contribution in [0.1, 0.15) is 35.2 Å². The van der Waals surface area contributed by atoms with Crippen LogP contribution in [0.15, 0.2) is 60.8 Å². The SMILES string of the molecule is O=C(Nc1ccc(C2(C(=O)Nc3ccc(F)cc3)CCC2)cn1)c1cccc(Cl)c1F. The second-order valence-electron chi connectivity index (χ2n) is 7.38. The lowest BCUT2D eigenvalue weighted by Crippen LogP contribution is -2.46. The molecule has 2 amide bonds. The van der Waals surface area contributed by atoms with Crippen LogP contribution in [0.4, 0.5) is 20.3 Å². The first kappa shape index (κ1) is 20.9. The Labute approximate surface area is 182 Å². The highest BCUT2D eigenvalue weighted by molar-refractivity contribution is 6.31. The van der Waals surface area contributed by atoms with Gasteiger partial charge in [-0.2, -0.15) is 0 Å². The predicted octanol–water partition coefficient (Wildman–Crippen LogP) is 5.33. The van der Waals surface area contributed by atoms with Crippen LogP contribution in [0.5, 0.6) is 0 Å². The van der Waals surface area contributed by atoms with Gasteiger partial charge in [0.1, 0.15) is 11.6 Å². The molecule has 1 heterocycles. The third-order valence-electron chi connectivity index (χ3n) is 5.50. The number of amides is 2. The molecule has 0 spiro atoms. The van der Waals surface area contributed by atoms with Gasteiger partial charge in [-0.3, -0.25) is 9.59 Å². The maximum Gasteiger partial charge on any atom is 0.259 e. The van der Waals surface area contributed by atoms with Crippen molar-refractivity contribution in [3.8, 4) is 0 Å². The average molecular weight is 442 g/mol. The summed E-state index contributed by atoms with van der Waals surface area (Å²) in [5.74, 6) is -1.82. The molecule has 1 aromatic heterocycles. The number of aromatic nitrogens is 1. The van der Waals surface area contributed by atoms with Crippen LogP contribution in [0.2, 0.25) is 5.02 Å². The molecule has 158 valence electrons. The molecule has 2 N–H and O–H groups in total. The van der Waals surface area contributed by atoms with E-state index in [0.29, 0.717) is 24.1 Å². The van der Waals surface area contributed by atoms with Gasteiger partial charge in [0.25, 0.3) is 5.91 Å². The highest BCUT2D eigenvalue weighted by Gasteiger charge is 2.46. The average Bonchev–Trinajstić information content (AvgIpc) is 2.72. The molecule has 1 aliphatic carbocycles. The molecule has 3 aromatic rings. The quantitative estimate of drug-likeness (QED) is 0.562. The molecule has 1 aliphatic rings. The molecule has 0 radical (unpaired) electrons. The monoisotopic (exact) mass is 441 g/mol. The van der Waals surface area contributed by atoms with Crippen molar-refractivity contribution in [2.45, 2.75) is 24.7 Å². The van der Waals surface area contributed by atoms with E-state index < -0.39 is 17.1 Å². The van der Waals surface area contributed by atoms with Gasteiger partial charge in [-0.25, -0.2) is 13.8 Å². The number of carbonyl (C=O) groups is 2. The largest absolute Gasteiger partial charge is 0.325 e. The lowest BCUT2D eigenvalue weighted by molar-refractivity contribution is -0.124. The van der Waals surface area contributed by atoms with Crippen LogP contribution in [-0.2, 0) is 10.2 Å².